The van der Waals surface area contributed by atoms with E-state index >= 15 is 0 Å². The van der Waals surface area contributed by atoms with Crippen molar-refractivity contribution < 1.29 is 0 Å². The molecule has 2 aromatic rings. The number of aromatic nitrogens is 2. The van der Waals surface area contributed by atoms with Gasteiger partial charge < -0.3 is 10.3 Å². The predicted molar refractivity (Wildman–Crippen MR) is 77.1 cm³/mol. The first-order valence-corrected chi connectivity index (χ1v) is 7.07. The second-order valence-corrected chi connectivity index (χ2v) is 5.73. The lowest BCUT2D eigenvalue weighted by Gasteiger charge is -2.16. The lowest BCUT2D eigenvalue weighted by molar-refractivity contribution is 0.655. The Bertz CT molecular complexity index is 601. The molecule has 0 radical (unpaired) electrons. The standard InChI is InChI=1S/C14H16BrN3/c1-9-6-14(10(15)7-11(9)16)18-8-17-12-4-2-3-5-13(12)18/h6-8H,2-5,16H2,1H3. The lowest BCUT2D eigenvalue weighted by atomic mass is 10.0. The van der Waals surface area contributed by atoms with Crippen molar-refractivity contribution in [2.75, 3.05) is 5.73 Å². The minimum atomic E-state index is 0.819. The SMILES string of the molecule is Cc1cc(-n2cnc3c2CCCC3)c(Br)cc1N. The summed E-state index contributed by atoms with van der Waals surface area (Å²) in [7, 11) is 0. The van der Waals surface area contributed by atoms with Gasteiger partial charge in [0, 0.05) is 15.9 Å². The van der Waals surface area contributed by atoms with Crippen LogP contribution in [0.25, 0.3) is 5.69 Å². The van der Waals surface area contributed by atoms with Crippen LogP contribution in [0, 0.1) is 6.92 Å². The molecule has 0 fully saturated rings. The van der Waals surface area contributed by atoms with Gasteiger partial charge in [-0.2, -0.15) is 0 Å². The number of halogens is 1. The molecular formula is C14H16BrN3. The van der Waals surface area contributed by atoms with E-state index in [1.807, 2.05) is 19.3 Å². The van der Waals surface area contributed by atoms with Gasteiger partial charge in [0.05, 0.1) is 17.7 Å². The summed E-state index contributed by atoms with van der Waals surface area (Å²) in [6, 6.07) is 4.09. The number of benzene rings is 1. The molecule has 18 heavy (non-hydrogen) atoms. The molecule has 1 aliphatic rings. The Morgan fingerprint density at radius 3 is 2.89 bits per heavy atom. The van der Waals surface area contributed by atoms with Gasteiger partial charge in [0.15, 0.2) is 0 Å². The maximum Gasteiger partial charge on any atom is 0.0998 e. The molecule has 4 heteroatoms. The summed E-state index contributed by atoms with van der Waals surface area (Å²) in [4.78, 5) is 4.54. The van der Waals surface area contributed by atoms with Crippen molar-refractivity contribution >= 4 is 21.6 Å². The van der Waals surface area contributed by atoms with Crippen molar-refractivity contribution in [1.29, 1.82) is 0 Å². The summed E-state index contributed by atoms with van der Waals surface area (Å²) < 4.78 is 3.22. The van der Waals surface area contributed by atoms with E-state index in [2.05, 4.69) is 31.5 Å². The van der Waals surface area contributed by atoms with Crippen LogP contribution in [0.2, 0.25) is 0 Å². The van der Waals surface area contributed by atoms with Crippen LogP contribution in [-0.4, -0.2) is 9.55 Å². The van der Waals surface area contributed by atoms with Gasteiger partial charge in [-0.15, -0.1) is 0 Å². The highest BCUT2D eigenvalue weighted by Crippen LogP contribution is 2.30. The third-order valence-corrected chi connectivity index (χ3v) is 4.26. The van der Waals surface area contributed by atoms with Crippen LogP contribution >= 0.6 is 15.9 Å². The molecule has 0 saturated carbocycles. The molecule has 0 bridgehead atoms. The number of hydrogen-bond acceptors (Lipinski definition) is 2. The average Bonchev–Trinajstić information content (AvgIpc) is 2.78. The van der Waals surface area contributed by atoms with E-state index in [9.17, 15) is 0 Å². The van der Waals surface area contributed by atoms with Crippen LogP contribution in [0.15, 0.2) is 22.9 Å². The molecule has 3 rings (SSSR count). The number of anilines is 1. The van der Waals surface area contributed by atoms with Crippen molar-refractivity contribution in [3.63, 3.8) is 0 Å². The molecule has 3 nitrogen and oxygen atoms in total. The van der Waals surface area contributed by atoms with Crippen molar-refractivity contribution in [2.45, 2.75) is 32.6 Å². The van der Waals surface area contributed by atoms with Gasteiger partial charge in [-0.05, 0) is 66.2 Å². The maximum absolute atomic E-state index is 5.93. The highest BCUT2D eigenvalue weighted by molar-refractivity contribution is 9.10. The molecule has 1 aliphatic carbocycles. The molecule has 0 spiro atoms. The van der Waals surface area contributed by atoms with E-state index < -0.39 is 0 Å². The normalized spacial score (nSPS) is 14.6. The Kier molecular flexibility index (Phi) is 2.90. The zero-order valence-electron chi connectivity index (χ0n) is 10.4. The number of nitrogens with two attached hydrogens (primary N) is 1. The molecule has 2 N–H and O–H groups in total. The smallest absolute Gasteiger partial charge is 0.0998 e. The van der Waals surface area contributed by atoms with Crippen LogP contribution in [0.5, 0.6) is 0 Å². The Morgan fingerprint density at radius 2 is 2.06 bits per heavy atom. The summed E-state index contributed by atoms with van der Waals surface area (Å²) in [6.07, 6.45) is 6.67. The molecule has 94 valence electrons. The number of nitrogen functional groups attached to an aromatic ring is 1. The molecule has 1 heterocycles. The minimum absolute atomic E-state index is 0.819. The average molecular weight is 306 g/mol. The first-order valence-electron chi connectivity index (χ1n) is 6.28. The van der Waals surface area contributed by atoms with Crippen molar-refractivity contribution in [3.05, 3.63) is 39.9 Å². The number of rotatable bonds is 1. The first-order chi connectivity index (χ1) is 8.66. The Hall–Kier alpha value is -1.29. The lowest BCUT2D eigenvalue weighted by Crippen LogP contribution is -2.07. The van der Waals surface area contributed by atoms with Gasteiger partial charge in [0.2, 0.25) is 0 Å². The van der Waals surface area contributed by atoms with E-state index in [0.717, 1.165) is 34.3 Å². The summed E-state index contributed by atoms with van der Waals surface area (Å²) in [5.74, 6) is 0. The highest BCUT2D eigenvalue weighted by atomic mass is 79.9. The Balaban J connectivity index is 2.15. The van der Waals surface area contributed by atoms with Gasteiger partial charge in [-0.25, -0.2) is 4.98 Å². The van der Waals surface area contributed by atoms with Crippen LogP contribution in [-0.2, 0) is 12.8 Å². The van der Waals surface area contributed by atoms with Crippen molar-refractivity contribution in [2.24, 2.45) is 0 Å². The fourth-order valence-corrected chi connectivity index (χ4v) is 3.10. The van der Waals surface area contributed by atoms with E-state index in [4.69, 9.17) is 5.73 Å². The molecule has 1 aromatic heterocycles. The number of fused-ring (bicyclic) bond motifs is 1. The molecule has 0 atom stereocenters. The monoisotopic (exact) mass is 305 g/mol. The molecule has 0 amide bonds. The summed E-state index contributed by atoms with van der Waals surface area (Å²) in [5.41, 5.74) is 11.6. The van der Waals surface area contributed by atoms with Gasteiger partial charge in [0.1, 0.15) is 0 Å². The molecule has 1 aromatic carbocycles. The zero-order valence-corrected chi connectivity index (χ0v) is 12.0. The third kappa shape index (κ3) is 1.85. The third-order valence-electron chi connectivity index (χ3n) is 3.63. The predicted octanol–water partition coefficient (Wildman–Crippen LogP) is 3.40. The number of hydrogen-bond donors (Lipinski definition) is 1. The number of imidazole rings is 1. The number of aryl methyl sites for hydroxylation is 2. The summed E-state index contributed by atoms with van der Waals surface area (Å²) >= 11 is 3.60. The molecular weight excluding hydrogens is 290 g/mol. The maximum atomic E-state index is 5.93. The summed E-state index contributed by atoms with van der Waals surface area (Å²) in [6.45, 7) is 2.04. The molecule has 0 aliphatic heterocycles. The fraction of sp³-hybridized carbons (Fsp3) is 0.357. The second-order valence-electron chi connectivity index (χ2n) is 4.88. The van der Waals surface area contributed by atoms with Crippen molar-refractivity contribution in [3.8, 4) is 5.69 Å². The van der Waals surface area contributed by atoms with Gasteiger partial charge in [0.25, 0.3) is 0 Å². The quantitative estimate of drug-likeness (QED) is 0.821. The minimum Gasteiger partial charge on any atom is -0.398 e. The van der Waals surface area contributed by atoms with Crippen LogP contribution in [0.4, 0.5) is 5.69 Å². The van der Waals surface area contributed by atoms with Crippen molar-refractivity contribution in [1.82, 2.24) is 9.55 Å². The molecule has 0 unspecified atom stereocenters. The highest BCUT2D eigenvalue weighted by Gasteiger charge is 2.17. The Labute approximate surface area is 115 Å². The van der Waals surface area contributed by atoms with Crippen LogP contribution < -0.4 is 5.73 Å². The number of nitrogens with zero attached hydrogens (tertiary/aromatic N) is 2. The Morgan fingerprint density at radius 1 is 1.28 bits per heavy atom. The fourth-order valence-electron chi connectivity index (χ4n) is 2.54. The van der Waals surface area contributed by atoms with E-state index in [1.54, 1.807) is 0 Å². The van der Waals surface area contributed by atoms with Gasteiger partial charge in [-0.3, -0.25) is 0 Å². The van der Waals surface area contributed by atoms with E-state index in [1.165, 1.54) is 24.2 Å². The van der Waals surface area contributed by atoms with Gasteiger partial charge in [-0.1, -0.05) is 0 Å². The molecule has 0 saturated heterocycles. The van der Waals surface area contributed by atoms with E-state index in [0.29, 0.717) is 0 Å². The zero-order chi connectivity index (χ0) is 12.7. The van der Waals surface area contributed by atoms with E-state index in [-0.39, 0.29) is 0 Å². The first kappa shape index (κ1) is 11.8. The van der Waals surface area contributed by atoms with Crippen LogP contribution in [0.1, 0.15) is 29.8 Å². The summed E-state index contributed by atoms with van der Waals surface area (Å²) in [5, 5.41) is 0. The van der Waals surface area contributed by atoms with Crippen LogP contribution in [0.3, 0.4) is 0 Å². The van der Waals surface area contributed by atoms with Gasteiger partial charge >= 0.3 is 0 Å². The largest absolute Gasteiger partial charge is 0.398 e. The topological polar surface area (TPSA) is 43.8 Å². The second kappa shape index (κ2) is 4.43.